The van der Waals surface area contributed by atoms with Gasteiger partial charge in [0.2, 0.25) is 0 Å². The van der Waals surface area contributed by atoms with E-state index in [1.54, 1.807) is 7.05 Å². The van der Waals surface area contributed by atoms with E-state index in [1.165, 1.54) is 9.80 Å². The molecule has 0 bridgehead atoms. The Balaban J connectivity index is 1.95. The summed E-state index contributed by atoms with van der Waals surface area (Å²) in [7, 11) is 1.65. The van der Waals surface area contributed by atoms with E-state index in [9.17, 15) is 9.59 Å². The number of hydrogen-bond acceptors (Lipinski definition) is 3. The first-order valence-corrected chi connectivity index (χ1v) is 6.73. The average molecular weight is 280 g/mol. The number of furan rings is 1. The van der Waals surface area contributed by atoms with Crippen LogP contribution in [0.4, 0.5) is 4.79 Å². The van der Waals surface area contributed by atoms with Crippen LogP contribution >= 0.6 is 0 Å². The third-order valence-corrected chi connectivity index (χ3v) is 3.29. The molecule has 1 heterocycles. The summed E-state index contributed by atoms with van der Waals surface area (Å²) in [4.78, 5) is 26.1. The maximum atomic E-state index is 12.3. The van der Waals surface area contributed by atoms with Crippen LogP contribution in [0.3, 0.4) is 0 Å². The maximum absolute atomic E-state index is 12.3. The molecule has 0 aliphatic heterocycles. The molecule has 1 aliphatic carbocycles. The van der Waals surface area contributed by atoms with Crippen LogP contribution in [0.1, 0.15) is 24.4 Å². The molecule has 2 amide bonds. The Kier molecular flexibility index (Phi) is 4.32. The summed E-state index contributed by atoms with van der Waals surface area (Å²) >= 11 is 0. The predicted molar refractivity (Wildman–Crippen MR) is 72.2 cm³/mol. The number of amides is 2. The molecule has 1 aliphatic rings. The zero-order valence-electron chi connectivity index (χ0n) is 11.8. The van der Waals surface area contributed by atoms with Crippen molar-refractivity contribution in [3.63, 3.8) is 0 Å². The van der Waals surface area contributed by atoms with E-state index in [2.05, 4.69) is 0 Å². The summed E-state index contributed by atoms with van der Waals surface area (Å²) < 4.78 is 5.43. The van der Waals surface area contributed by atoms with Gasteiger partial charge in [-0.3, -0.25) is 4.79 Å². The summed E-state index contributed by atoms with van der Waals surface area (Å²) in [5.41, 5.74) is 0. The van der Waals surface area contributed by atoms with Gasteiger partial charge in [-0.1, -0.05) is 0 Å². The van der Waals surface area contributed by atoms with Gasteiger partial charge in [-0.05, 0) is 37.8 Å². The number of carboxylic acid groups (broad SMARTS) is 1. The van der Waals surface area contributed by atoms with Crippen LogP contribution < -0.4 is 0 Å². The molecule has 6 nitrogen and oxygen atoms in total. The third-order valence-electron chi connectivity index (χ3n) is 3.29. The van der Waals surface area contributed by atoms with Crippen molar-refractivity contribution in [2.75, 3.05) is 20.1 Å². The first-order chi connectivity index (χ1) is 9.45. The number of aliphatic carboxylic acids is 1. The van der Waals surface area contributed by atoms with Gasteiger partial charge < -0.3 is 19.3 Å². The highest BCUT2D eigenvalue weighted by Gasteiger charge is 2.29. The second-order valence-corrected chi connectivity index (χ2v) is 5.37. The lowest BCUT2D eigenvalue weighted by Crippen LogP contribution is -2.44. The van der Waals surface area contributed by atoms with Gasteiger partial charge >= 0.3 is 12.0 Å². The number of urea groups is 1. The lowest BCUT2D eigenvalue weighted by molar-refractivity contribution is -0.137. The lowest BCUT2D eigenvalue weighted by Gasteiger charge is -2.26. The smallest absolute Gasteiger partial charge is 0.323 e. The number of aryl methyl sites for hydroxylation is 1. The Hall–Kier alpha value is -1.98. The fraction of sp³-hybridized carbons (Fsp3) is 0.571. The lowest BCUT2D eigenvalue weighted by atomic mass is 10.3. The molecule has 1 aromatic rings. The van der Waals surface area contributed by atoms with Gasteiger partial charge in [-0.2, -0.15) is 0 Å². The van der Waals surface area contributed by atoms with Gasteiger partial charge in [0, 0.05) is 13.6 Å². The number of nitrogens with zero attached hydrogens (tertiary/aromatic N) is 2. The van der Waals surface area contributed by atoms with E-state index in [0.717, 1.165) is 18.6 Å². The zero-order chi connectivity index (χ0) is 14.7. The van der Waals surface area contributed by atoms with Crippen LogP contribution in [-0.2, 0) is 11.3 Å². The van der Waals surface area contributed by atoms with Crippen molar-refractivity contribution in [2.45, 2.75) is 26.3 Å². The molecule has 1 fully saturated rings. The number of carbonyl (C=O) groups excluding carboxylic acids is 1. The second kappa shape index (κ2) is 5.98. The van der Waals surface area contributed by atoms with E-state index >= 15 is 0 Å². The van der Waals surface area contributed by atoms with Gasteiger partial charge in [0.1, 0.15) is 18.1 Å². The van der Waals surface area contributed by atoms with Crippen LogP contribution in [0.2, 0.25) is 0 Å². The highest BCUT2D eigenvalue weighted by atomic mass is 16.4. The number of hydrogen-bond donors (Lipinski definition) is 1. The first-order valence-electron chi connectivity index (χ1n) is 6.73. The number of rotatable bonds is 6. The Bertz CT molecular complexity index is 493. The van der Waals surface area contributed by atoms with E-state index < -0.39 is 5.97 Å². The van der Waals surface area contributed by atoms with Gasteiger partial charge in [0.25, 0.3) is 0 Å². The molecular weight excluding hydrogens is 260 g/mol. The Morgan fingerprint density at radius 2 is 2.10 bits per heavy atom. The molecule has 0 saturated heterocycles. The fourth-order valence-electron chi connectivity index (χ4n) is 2.10. The normalized spacial score (nSPS) is 14.1. The molecule has 0 atom stereocenters. The molecule has 2 rings (SSSR count). The average Bonchev–Trinajstić information content (AvgIpc) is 3.09. The molecule has 20 heavy (non-hydrogen) atoms. The van der Waals surface area contributed by atoms with Crippen molar-refractivity contribution in [3.05, 3.63) is 23.7 Å². The van der Waals surface area contributed by atoms with E-state index in [4.69, 9.17) is 9.52 Å². The van der Waals surface area contributed by atoms with Crippen molar-refractivity contribution in [2.24, 2.45) is 5.92 Å². The van der Waals surface area contributed by atoms with Crippen LogP contribution in [0.25, 0.3) is 0 Å². The Morgan fingerprint density at radius 3 is 2.60 bits per heavy atom. The highest BCUT2D eigenvalue weighted by Crippen LogP contribution is 2.30. The van der Waals surface area contributed by atoms with E-state index in [1.807, 2.05) is 19.1 Å². The first kappa shape index (κ1) is 14.4. The Labute approximate surface area is 118 Å². The summed E-state index contributed by atoms with van der Waals surface area (Å²) in [6.45, 7) is 2.45. The van der Waals surface area contributed by atoms with Crippen molar-refractivity contribution in [3.8, 4) is 0 Å². The maximum Gasteiger partial charge on any atom is 0.323 e. The minimum absolute atomic E-state index is 0.253. The molecular formula is C14H20N2O4. The molecule has 1 aromatic heterocycles. The molecule has 1 saturated carbocycles. The second-order valence-electron chi connectivity index (χ2n) is 5.37. The Morgan fingerprint density at radius 1 is 1.40 bits per heavy atom. The van der Waals surface area contributed by atoms with Gasteiger partial charge in [-0.25, -0.2) is 4.79 Å². The SMILES string of the molecule is Cc1ccc(CN(C)C(=O)N(CC(=O)O)CC2CC2)o1. The van der Waals surface area contributed by atoms with E-state index in [0.29, 0.717) is 24.8 Å². The van der Waals surface area contributed by atoms with Gasteiger partial charge in [0.05, 0.1) is 6.54 Å². The molecule has 1 N–H and O–H groups in total. The molecule has 110 valence electrons. The van der Waals surface area contributed by atoms with Crippen LogP contribution in [0.5, 0.6) is 0 Å². The molecule has 0 unspecified atom stereocenters. The highest BCUT2D eigenvalue weighted by molar-refractivity contribution is 5.80. The van der Waals surface area contributed by atoms with Crippen LogP contribution in [0.15, 0.2) is 16.5 Å². The summed E-state index contributed by atoms with van der Waals surface area (Å²) in [5.74, 6) is 0.958. The molecule has 0 radical (unpaired) electrons. The number of carbonyl (C=O) groups is 2. The molecule has 0 spiro atoms. The standard InChI is InChI=1S/C14H20N2O4/c1-10-3-6-12(20-10)8-15(2)14(19)16(9-13(17)18)7-11-4-5-11/h3,6,11H,4-5,7-9H2,1-2H3,(H,17,18). The summed E-state index contributed by atoms with van der Waals surface area (Å²) in [6, 6.07) is 3.39. The van der Waals surface area contributed by atoms with Crippen LogP contribution in [0, 0.1) is 12.8 Å². The third kappa shape index (κ3) is 4.01. The number of carboxylic acids is 1. The van der Waals surface area contributed by atoms with Crippen molar-refractivity contribution < 1.29 is 19.1 Å². The van der Waals surface area contributed by atoms with Crippen molar-refractivity contribution in [1.29, 1.82) is 0 Å². The minimum Gasteiger partial charge on any atom is -0.480 e. The topological polar surface area (TPSA) is 74.0 Å². The van der Waals surface area contributed by atoms with E-state index in [-0.39, 0.29) is 12.6 Å². The zero-order valence-corrected chi connectivity index (χ0v) is 11.8. The van der Waals surface area contributed by atoms with Crippen molar-refractivity contribution in [1.82, 2.24) is 9.80 Å². The largest absolute Gasteiger partial charge is 0.480 e. The predicted octanol–water partition coefficient (Wildman–Crippen LogP) is 1.94. The van der Waals surface area contributed by atoms with Gasteiger partial charge in [-0.15, -0.1) is 0 Å². The minimum atomic E-state index is -0.985. The van der Waals surface area contributed by atoms with Gasteiger partial charge in [0.15, 0.2) is 0 Å². The summed E-state index contributed by atoms with van der Waals surface area (Å²) in [5, 5.41) is 8.91. The fourth-order valence-corrected chi connectivity index (χ4v) is 2.10. The van der Waals surface area contributed by atoms with Crippen molar-refractivity contribution >= 4 is 12.0 Å². The molecule has 6 heteroatoms. The monoisotopic (exact) mass is 280 g/mol. The molecule has 0 aromatic carbocycles. The van der Waals surface area contributed by atoms with Crippen LogP contribution in [-0.4, -0.2) is 47.0 Å². The summed E-state index contributed by atoms with van der Waals surface area (Å²) in [6.07, 6.45) is 2.15. The quantitative estimate of drug-likeness (QED) is 0.864.